The van der Waals surface area contributed by atoms with E-state index in [-0.39, 0.29) is 0 Å². The topological polar surface area (TPSA) is 43.1 Å². The van der Waals surface area contributed by atoms with Crippen LogP contribution in [0.25, 0.3) is 0 Å². The Balaban J connectivity index is 1.77. The largest absolute Gasteiger partial charge is 0.212 e. The minimum absolute atomic E-state index is 0.625. The van der Waals surface area contributed by atoms with E-state index in [9.17, 15) is 0 Å². The van der Waals surface area contributed by atoms with Crippen molar-refractivity contribution in [3.8, 4) is 0 Å². The zero-order valence-corrected chi connectivity index (χ0v) is 16.1. The van der Waals surface area contributed by atoms with E-state index in [1.165, 1.54) is 17.3 Å². The number of halogens is 2. The molecule has 1 aromatic heterocycles. The predicted octanol–water partition coefficient (Wildman–Crippen LogP) is 5.38. The van der Waals surface area contributed by atoms with Gasteiger partial charge in [0.15, 0.2) is 5.82 Å². The molecule has 0 spiro atoms. The number of rotatable bonds is 5. The highest BCUT2D eigenvalue weighted by Crippen LogP contribution is 2.28. The highest BCUT2D eigenvalue weighted by molar-refractivity contribution is 7.98. The molecule has 128 valence electrons. The Morgan fingerprint density at radius 1 is 1.12 bits per heavy atom. The van der Waals surface area contributed by atoms with Gasteiger partial charge >= 0.3 is 0 Å². The lowest BCUT2D eigenvalue weighted by atomic mass is 10.2. The number of aryl methyl sites for hydroxylation is 2. The molecule has 0 N–H and O–H groups in total. The van der Waals surface area contributed by atoms with Gasteiger partial charge in [0.05, 0.1) is 6.21 Å². The molecule has 0 radical (unpaired) electrons. The molecule has 0 atom stereocenters. The summed E-state index contributed by atoms with van der Waals surface area (Å²) in [6.07, 6.45) is 1.81. The van der Waals surface area contributed by atoms with Crippen molar-refractivity contribution in [3.05, 3.63) is 75.0 Å². The third kappa shape index (κ3) is 4.63. The lowest BCUT2D eigenvalue weighted by Gasteiger charge is -2.05. The number of hydrogen-bond acceptors (Lipinski definition) is 4. The zero-order chi connectivity index (χ0) is 17.8. The number of aromatic nitrogens is 3. The molecule has 0 aliphatic rings. The van der Waals surface area contributed by atoms with Crippen LogP contribution in [0.5, 0.6) is 0 Å². The minimum atomic E-state index is 0.625. The first kappa shape index (κ1) is 18.0. The van der Waals surface area contributed by atoms with E-state index in [0.717, 1.165) is 17.0 Å². The van der Waals surface area contributed by atoms with Gasteiger partial charge in [-0.05, 0) is 37.1 Å². The molecule has 0 saturated heterocycles. The summed E-state index contributed by atoms with van der Waals surface area (Å²) in [5, 5.41) is 14.8. The van der Waals surface area contributed by atoms with Crippen LogP contribution in [-0.4, -0.2) is 21.1 Å². The van der Waals surface area contributed by atoms with Gasteiger partial charge < -0.3 is 0 Å². The Bertz CT molecular complexity index is 921. The third-order valence-electron chi connectivity index (χ3n) is 3.50. The molecule has 3 rings (SSSR count). The summed E-state index contributed by atoms with van der Waals surface area (Å²) in [4.78, 5) is 0. The summed E-state index contributed by atoms with van der Waals surface area (Å²) in [6.45, 7) is 3.93. The van der Waals surface area contributed by atoms with Crippen LogP contribution >= 0.6 is 35.0 Å². The van der Waals surface area contributed by atoms with E-state index < -0.39 is 0 Å². The van der Waals surface area contributed by atoms with Crippen molar-refractivity contribution in [2.24, 2.45) is 5.10 Å². The van der Waals surface area contributed by atoms with Crippen molar-refractivity contribution in [1.82, 2.24) is 14.9 Å². The zero-order valence-electron chi connectivity index (χ0n) is 13.8. The summed E-state index contributed by atoms with van der Waals surface area (Å²) in [7, 11) is 0. The standard InChI is InChI=1S/C18H16Cl2N4S/c1-12-4-3-5-14(8-12)10-21-24-13(2)22-23-18(24)25-11-15-6-7-16(19)9-17(15)20/h3-10H,11H2,1-2H3/b21-10+. The van der Waals surface area contributed by atoms with Crippen LogP contribution in [0.2, 0.25) is 10.0 Å². The first-order chi connectivity index (χ1) is 12.0. The van der Waals surface area contributed by atoms with Crippen molar-refractivity contribution >= 4 is 41.2 Å². The minimum Gasteiger partial charge on any atom is -0.192 e. The van der Waals surface area contributed by atoms with Gasteiger partial charge in [-0.3, -0.25) is 0 Å². The average Bonchev–Trinajstić information content (AvgIpc) is 2.92. The van der Waals surface area contributed by atoms with E-state index in [1.807, 2.05) is 37.4 Å². The van der Waals surface area contributed by atoms with E-state index in [1.54, 1.807) is 10.7 Å². The molecule has 0 amide bonds. The Labute approximate surface area is 160 Å². The maximum absolute atomic E-state index is 6.23. The van der Waals surface area contributed by atoms with Gasteiger partial charge in [0, 0.05) is 15.8 Å². The van der Waals surface area contributed by atoms with Gasteiger partial charge in [0.25, 0.3) is 0 Å². The quantitative estimate of drug-likeness (QED) is 0.433. The van der Waals surface area contributed by atoms with Crippen LogP contribution in [0.4, 0.5) is 0 Å². The number of nitrogens with zero attached hydrogens (tertiary/aromatic N) is 4. The average molecular weight is 391 g/mol. The monoisotopic (exact) mass is 390 g/mol. The van der Waals surface area contributed by atoms with Crippen molar-refractivity contribution in [2.45, 2.75) is 24.8 Å². The lowest BCUT2D eigenvalue weighted by Crippen LogP contribution is -1.96. The molecule has 3 aromatic rings. The molecular formula is C18H16Cl2N4S. The van der Waals surface area contributed by atoms with Gasteiger partial charge in [-0.2, -0.15) is 9.78 Å². The second-order valence-corrected chi connectivity index (χ2v) is 7.31. The molecule has 4 nitrogen and oxygen atoms in total. The summed E-state index contributed by atoms with van der Waals surface area (Å²) in [6, 6.07) is 13.6. The molecule has 25 heavy (non-hydrogen) atoms. The van der Waals surface area contributed by atoms with Gasteiger partial charge in [-0.1, -0.05) is 70.9 Å². The molecule has 0 fully saturated rings. The first-order valence-electron chi connectivity index (χ1n) is 7.63. The molecule has 0 bridgehead atoms. The summed E-state index contributed by atoms with van der Waals surface area (Å²) >= 11 is 13.7. The summed E-state index contributed by atoms with van der Waals surface area (Å²) in [5.41, 5.74) is 3.21. The molecule has 2 aromatic carbocycles. The van der Waals surface area contributed by atoms with Crippen LogP contribution in [0, 0.1) is 13.8 Å². The van der Waals surface area contributed by atoms with Gasteiger partial charge in [-0.15, -0.1) is 10.2 Å². The molecule has 7 heteroatoms. The lowest BCUT2D eigenvalue weighted by molar-refractivity contribution is 0.744. The Kier molecular flexibility index (Phi) is 5.78. The van der Waals surface area contributed by atoms with Crippen LogP contribution in [0.3, 0.4) is 0 Å². The third-order valence-corrected chi connectivity index (χ3v) is 5.06. The van der Waals surface area contributed by atoms with Crippen LogP contribution < -0.4 is 0 Å². The smallest absolute Gasteiger partial charge is 0.192 e. The predicted molar refractivity (Wildman–Crippen MR) is 105 cm³/mol. The first-order valence-corrected chi connectivity index (χ1v) is 9.37. The fourth-order valence-electron chi connectivity index (χ4n) is 2.22. The van der Waals surface area contributed by atoms with E-state index in [0.29, 0.717) is 21.0 Å². The van der Waals surface area contributed by atoms with Gasteiger partial charge in [0.1, 0.15) is 0 Å². The Hall–Kier alpha value is -1.82. The van der Waals surface area contributed by atoms with Crippen LogP contribution in [-0.2, 0) is 5.75 Å². The van der Waals surface area contributed by atoms with Crippen molar-refractivity contribution in [1.29, 1.82) is 0 Å². The van der Waals surface area contributed by atoms with E-state index >= 15 is 0 Å². The number of benzene rings is 2. The molecule has 0 aliphatic carbocycles. The fraction of sp³-hybridized carbons (Fsp3) is 0.167. The Morgan fingerprint density at radius 3 is 2.72 bits per heavy atom. The highest BCUT2D eigenvalue weighted by Gasteiger charge is 2.10. The Morgan fingerprint density at radius 2 is 1.96 bits per heavy atom. The second kappa shape index (κ2) is 8.04. The SMILES string of the molecule is Cc1cccc(/C=N/n2c(C)nnc2SCc2ccc(Cl)cc2Cl)c1. The van der Waals surface area contributed by atoms with Gasteiger partial charge in [-0.25, -0.2) is 0 Å². The maximum atomic E-state index is 6.23. The summed E-state index contributed by atoms with van der Waals surface area (Å²) < 4.78 is 1.73. The highest BCUT2D eigenvalue weighted by atomic mass is 35.5. The fourth-order valence-corrected chi connectivity index (χ4v) is 3.71. The summed E-state index contributed by atoms with van der Waals surface area (Å²) in [5.74, 6) is 1.39. The normalized spacial score (nSPS) is 11.4. The molecule has 0 saturated carbocycles. The van der Waals surface area contributed by atoms with Crippen molar-refractivity contribution < 1.29 is 0 Å². The second-order valence-electron chi connectivity index (χ2n) is 5.52. The maximum Gasteiger partial charge on any atom is 0.212 e. The molecule has 1 heterocycles. The van der Waals surface area contributed by atoms with Crippen LogP contribution in [0.1, 0.15) is 22.5 Å². The van der Waals surface area contributed by atoms with Crippen molar-refractivity contribution in [3.63, 3.8) is 0 Å². The molecule has 0 aliphatic heterocycles. The van der Waals surface area contributed by atoms with E-state index in [4.69, 9.17) is 23.2 Å². The van der Waals surface area contributed by atoms with Gasteiger partial charge in [0.2, 0.25) is 5.16 Å². The number of thioether (sulfide) groups is 1. The molecule has 0 unspecified atom stereocenters. The molecular weight excluding hydrogens is 375 g/mol. The van der Waals surface area contributed by atoms with Crippen molar-refractivity contribution in [2.75, 3.05) is 0 Å². The van der Waals surface area contributed by atoms with Crippen LogP contribution in [0.15, 0.2) is 52.7 Å². The van der Waals surface area contributed by atoms with E-state index in [2.05, 4.69) is 34.4 Å². The number of hydrogen-bond donors (Lipinski definition) is 0.